The van der Waals surface area contributed by atoms with Crippen LogP contribution in [-0.4, -0.2) is 42.9 Å². The number of nitrogens with zero attached hydrogens (tertiary/aromatic N) is 1. The molecular formula is C28H55NO3. The highest BCUT2D eigenvalue weighted by Crippen LogP contribution is 2.10. The molecule has 0 aromatic carbocycles. The lowest BCUT2D eigenvalue weighted by Crippen LogP contribution is -2.25. The molecule has 0 aromatic rings. The lowest BCUT2D eigenvalue weighted by molar-refractivity contribution is -0.143. The van der Waals surface area contributed by atoms with Gasteiger partial charge in [-0.3, -0.25) is 4.79 Å². The first kappa shape index (κ1) is 31.1. The minimum atomic E-state index is -0.00515. The van der Waals surface area contributed by atoms with Crippen LogP contribution in [0.3, 0.4) is 0 Å². The maximum absolute atomic E-state index is 11.8. The molecule has 0 atom stereocenters. The van der Waals surface area contributed by atoms with Gasteiger partial charge in [-0.15, -0.1) is 0 Å². The molecule has 4 nitrogen and oxygen atoms in total. The molecule has 32 heavy (non-hydrogen) atoms. The second-order valence-electron chi connectivity index (χ2n) is 9.51. The zero-order valence-electron chi connectivity index (χ0n) is 21.9. The number of unbranched alkanes of at least 4 members (excludes halogenated alkanes) is 14. The summed E-state index contributed by atoms with van der Waals surface area (Å²) in [6.07, 6.45) is 22.0. The average Bonchev–Trinajstić information content (AvgIpc) is 2.77. The van der Waals surface area contributed by atoms with E-state index < -0.39 is 0 Å². The van der Waals surface area contributed by atoms with Crippen LogP contribution in [0.25, 0.3) is 0 Å². The third kappa shape index (κ3) is 23.8. The fourth-order valence-corrected chi connectivity index (χ4v) is 4.12. The first-order valence-corrected chi connectivity index (χ1v) is 14.0. The third-order valence-electron chi connectivity index (χ3n) is 6.32. The maximum Gasteiger partial charge on any atom is 0.305 e. The van der Waals surface area contributed by atoms with Gasteiger partial charge in [-0.1, -0.05) is 90.9 Å². The summed E-state index contributed by atoms with van der Waals surface area (Å²) in [7, 11) is 0. The van der Waals surface area contributed by atoms with Crippen molar-refractivity contribution in [2.75, 3.05) is 26.2 Å². The quantitative estimate of drug-likeness (QED) is 0.104. The van der Waals surface area contributed by atoms with Gasteiger partial charge in [-0.25, -0.2) is 0 Å². The Morgan fingerprint density at radius 2 is 1.06 bits per heavy atom. The van der Waals surface area contributed by atoms with Crippen LogP contribution in [0.1, 0.15) is 143 Å². The van der Waals surface area contributed by atoms with Gasteiger partial charge in [0.25, 0.3) is 0 Å². The Labute approximate surface area is 200 Å². The van der Waals surface area contributed by atoms with E-state index in [4.69, 9.17) is 4.74 Å². The molecule has 0 bridgehead atoms. The molecule has 0 spiro atoms. The number of hydrogen-bond acceptors (Lipinski definition) is 4. The topological polar surface area (TPSA) is 46.6 Å². The number of carbonyl (C=O) groups excluding carboxylic acids is 2. The molecular weight excluding hydrogens is 398 g/mol. The number of hydrogen-bond donors (Lipinski definition) is 0. The third-order valence-corrected chi connectivity index (χ3v) is 6.32. The van der Waals surface area contributed by atoms with Crippen molar-refractivity contribution >= 4 is 11.8 Å². The molecule has 4 heteroatoms. The molecule has 0 aromatic heterocycles. The Balaban J connectivity index is 3.40. The lowest BCUT2D eigenvalue weighted by atomic mass is 10.1. The largest absolute Gasteiger partial charge is 0.466 e. The van der Waals surface area contributed by atoms with Crippen molar-refractivity contribution in [1.82, 2.24) is 4.90 Å². The minimum Gasteiger partial charge on any atom is -0.466 e. The van der Waals surface area contributed by atoms with Crippen molar-refractivity contribution < 1.29 is 14.3 Å². The predicted molar refractivity (Wildman–Crippen MR) is 137 cm³/mol. The van der Waals surface area contributed by atoms with E-state index in [9.17, 15) is 9.59 Å². The number of esters is 1. The van der Waals surface area contributed by atoms with Gasteiger partial charge in [0.1, 0.15) is 5.78 Å². The molecule has 0 N–H and O–H groups in total. The van der Waals surface area contributed by atoms with Crippen LogP contribution in [-0.2, 0) is 14.3 Å². The van der Waals surface area contributed by atoms with Gasteiger partial charge in [-0.2, -0.15) is 0 Å². The summed E-state index contributed by atoms with van der Waals surface area (Å²) in [4.78, 5) is 25.3. The van der Waals surface area contributed by atoms with Crippen molar-refractivity contribution in [3.63, 3.8) is 0 Å². The zero-order valence-corrected chi connectivity index (χ0v) is 21.9. The number of ether oxygens (including phenoxy) is 1. The minimum absolute atomic E-state index is 0.00515. The van der Waals surface area contributed by atoms with Crippen molar-refractivity contribution in [2.45, 2.75) is 143 Å². The van der Waals surface area contributed by atoms with Crippen LogP contribution in [0.2, 0.25) is 0 Å². The Hall–Kier alpha value is -0.900. The number of rotatable bonds is 25. The van der Waals surface area contributed by atoms with Crippen molar-refractivity contribution in [2.24, 2.45) is 0 Å². The Morgan fingerprint density at radius 3 is 1.59 bits per heavy atom. The molecule has 0 fully saturated rings. The summed E-state index contributed by atoms with van der Waals surface area (Å²) >= 11 is 0. The van der Waals surface area contributed by atoms with Crippen molar-refractivity contribution in [3.05, 3.63) is 0 Å². The van der Waals surface area contributed by atoms with Crippen molar-refractivity contribution in [1.29, 1.82) is 0 Å². The maximum atomic E-state index is 11.8. The first-order chi connectivity index (χ1) is 15.6. The summed E-state index contributed by atoms with van der Waals surface area (Å²) < 4.78 is 5.36. The van der Waals surface area contributed by atoms with Gasteiger partial charge < -0.3 is 14.4 Å². The standard InChI is InChI=1S/C28H55NO3/c1-4-6-7-8-9-16-21-26-32-28(31)23-18-13-11-15-20-25-29(5-2)24-19-14-10-12-17-22-27(3)30/h4-26H2,1-3H3. The molecule has 0 aliphatic carbocycles. The van der Waals surface area contributed by atoms with E-state index in [2.05, 4.69) is 18.7 Å². The fourth-order valence-electron chi connectivity index (χ4n) is 4.12. The first-order valence-electron chi connectivity index (χ1n) is 14.0. The van der Waals surface area contributed by atoms with Gasteiger partial charge in [0.2, 0.25) is 0 Å². The summed E-state index contributed by atoms with van der Waals surface area (Å²) in [5, 5.41) is 0. The van der Waals surface area contributed by atoms with Crippen molar-refractivity contribution in [3.8, 4) is 0 Å². The summed E-state index contributed by atoms with van der Waals surface area (Å²) in [6.45, 7) is 10.3. The lowest BCUT2D eigenvalue weighted by Gasteiger charge is -2.20. The average molecular weight is 454 g/mol. The second kappa shape index (κ2) is 24.7. The summed E-state index contributed by atoms with van der Waals surface area (Å²) in [5.41, 5.74) is 0. The fraction of sp³-hybridized carbons (Fsp3) is 0.929. The molecule has 0 aliphatic rings. The molecule has 0 amide bonds. The molecule has 0 aliphatic heterocycles. The van der Waals surface area contributed by atoms with E-state index in [1.807, 2.05) is 0 Å². The molecule has 0 saturated heterocycles. The monoisotopic (exact) mass is 453 g/mol. The van der Waals surface area contributed by atoms with Gasteiger partial charge in [0, 0.05) is 12.8 Å². The number of carbonyl (C=O) groups is 2. The van der Waals surface area contributed by atoms with Gasteiger partial charge in [-0.05, 0) is 58.7 Å². The summed E-state index contributed by atoms with van der Waals surface area (Å²) in [6, 6.07) is 0. The molecule has 0 unspecified atom stereocenters. The highest BCUT2D eigenvalue weighted by molar-refractivity contribution is 5.75. The highest BCUT2D eigenvalue weighted by atomic mass is 16.5. The van der Waals surface area contributed by atoms with E-state index in [1.165, 1.54) is 96.6 Å². The molecule has 0 rings (SSSR count). The highest BCUT2D eigenvalue weighted by Gasteiger charge is 2.04. The van der Waals surface area contributed by atoms with Gasteiger partial charge >= 0.3 is 5.97 Å². The van der Waals surface area contributed by atoms with Crippen LogP contribution >= 0.6 is 0 Å². The summed E-state index contributed by atoms with van der Waals surface area (Å²) in [5.74, 6) is 0.315. The van der Waals surface area contributed by atoms with E-state index in [0.717, 1.165) is 38.6 Å². The van der Waals surface area contributed by atoms with Gasteiger partial charge in [0.15, 0.2) is 0 Å². The van der Waals surface area contributed by atoms with E-state index in [-0.39, 0.29) is 5.97 Å². The number of ketones is 1. The van der Waals surface area contributed by atoms with E-state index in [1.54, 1.807) is 6.92 Å². The Morgan fingerprint density at radius 1 is 0.594 bits per heavy atom. The molecule has 0 heterocycles. The zero-order chi connectivity index (χ0) is 23.7. The van der Waals surface area contributed by atoms with Crippen LogP contribution in [0.4, 0.5) is 0 Å². The van der Waals surface area contributed by atoms with Crippen LogP contribution in [0.5, 0.6) is 0 Å². The smallest absolute Gasteiger partial charge is 0.305 e. The van der Waals surface area contributed by atoms with Gasteiger partial charge in [0.05, 0.1) is 6.61 Å². The van der Waals surface area contributed by atoms with E-state index in [0.29, 0.717) is 18.8 Å². The predicted octanol–water partition coefficient (Wildman–Crippen LogP) is 7.87. The molecule has 190 valence electrons. The van der Waals surface area contributed by atoms with Crippen LogP contribution in [0, 0.1) is 0 Å². The Bertz CT molecular complexity index is 425. The number of Topliss-reactive ketones (excluding diaryl/α,β-unsaturated/α-hetero) is 1. The normalized spacial score (nSPS) is 11.2. The van der Waals surface area contributed by atoms with Crippen LogP contribution in [0.15, 0.2) is 0 Å². The van der Waals surface area contributed by atoms with Crippen LogP contribution < -0.4 is 0 Å². The molecule has 0 saturated carbocycles. The van der Waals surface area contributed by atoms with E-state index >= 15 is 0 Å². The Kier molecular flexibility index (Phi) is 24.0. The molecule has 0 radical (unpaired) electrons. The SMILES string of the molecule is CCCCCCCCCOC(=O)CCCCCCCN(CC)CCCCCCCC(C)=O. The second-order valence-corrected chi connectivity index (χ2v) is 9.51.